The van der Waals surface area contributed by atoms with Gasteiger partial charge in [0.25, 0.3) is 0 Å². The Bertz CT molecular complexity index is 154. The second kappa shape index (κ2) is 11.4. The minimum absolute atomic E-state index is 0.0756. The number of hydrogen-bond donors (Lipinski definition) is 2. The van der Waals surface area contributed by atoms with Gasteiger partial charge in [0.15, 0.2) is 0 Å². The number of nitrogens with two attached hydrogens (primary N) is 1. The first-order valence-corrected chi connectivity index (χ1v) is 5.43. The zero-order valence-electron chi connectivity index (χ0n) is 9.46. The molecule has 0 aliphatic rings. The van der Waals surface area contributed by atoms with Crippen molar-refractivity contribution in [1.82, 2.24) is 5.32 Å². The Morgan fingerprint density at radius 1 is 1.27 bits per heavy atom. The van der Waals surface area contributed by atoms with Crippen LogP contribution in [0.1, 0.15) is 19.8 Å². The summed E-state index contributed by atoms with van der Waals surface area (Å²) in [7, 11) is 0. The van der Waals surface area contributed by atoms with Crippen LogP contribution in [0.25, 0.3) is 0 Å². The van der Waals surface area contributed by atoms with Crippen LogP contribution in [0.5, 0.6) is 0 Å². The number of ether oxygens (including phenoxy) is 2. The second-order valence-corrected chi connectivity index (χ2v) is 3.16. The van der Waals surface area contributed by atoms with E-state index in [4.69, 9.17) is 15.2 Å². The number of nitrogens with one attached hydrogen (secondary N) is 1. The largest absolute Gasteiger partial charge is 0.380 e. The SMILES string of the molecule is CCCCOCCNC(=O)COCCN. The molecular formula is C10H22N2O3. The zero-order valence-corrected chi connectivity index (χ0v) is 9.46. The molecule has 15 heavy (non-hydrogen) atoms. The van der Waals surface area contributed by atoms with E-state index in [9.17, 15) is 4.79 Å². The van der Waals surface area contributed by atoms with Crippen molar-refractivity contribution in [2.24, 2.45) is 5.73 Å². The van der Waals surface area contributed by atoms with E-state index in [1.54, 1.807) is 0 Å². The highest BCUT2D eigenvalue weighted by molar-refractivity contribution is 5.77. The summed E-state index contributed by atoms with van der Waals surface area (Å²) >= 11 is 0. The molecule has 0 aliphatic heterocycles. The molecule has 1 amide bonds. The first-order chi connectivity index (χ1) is 7.31. The highest BCUT2D eigenvalue weighted by Crippen LogP contribution is 1.86. The molecule has 0 aliphatic carbocycles. The Labute approximate surface area is 91.3 Å². The van der Waals surface area contributed by atoms with Crippen molar-refractivity contribution in [3.63, 3.8) is 0 Å². The van der Waals surface area contributed by atoms with Gasteiger partial charge in [-0.3, -0.25) is 4.79 Å². The molecule has 0 fully saturated rings. The van der Waals surface area contributed by atoms with Crippen molar-refractivity contribution < 1.29 is 14.3 Å². The molecule has 0 heterocycles. The number of rotatable bonds is 10. The lowest BCUT2D eigenvalue weighted by Gasteiger charge is -2.06. The van der Waals surface area contributed by atoms with Gasteiger partial charge < -0.3 is 20.5 Å². The van der Waals surface area contributed by atoms with Crippen LogP contribution in [-0.2, 0) is 14.3 Å². The maximum Gasteiger partial charge on any atom is 0.246 e. The lowest BCUT2D eigenvalue weighted by Crippen LogP contribution is -2.31. The van der Waals surface area contributed by atoms with Gasteiger partial charge in [0.05, 0.1) is 13.2 Å². The van der Waals surface area contributed by atoms with Gasteiger partial charge in [-0.05, 0) is 6.42 Å². The normalized spacial score (nSPS) is 10.3. The molecule has 5 nitrogen and oxygen atoms in total. The van der Waals surface area contributed by atoms with Crippen LogP contribution in [0.3, 0.4) is 0 Å². The summed E-state index contributed by atoms with van der Waals surface area (Å²) in [6.07, 6.45) is 2.19. The Morgan fingerprint density at radius 2 is 2.07 bits per heavy atom. The Hall–Kier alpha value is -0.650. The van der Waals surface area contributed by atoms with Crippen LogP contribution in [0.15, 0.2) is 0 Å². The molecule has 0 atom stereocenters. The summed E-state index contributed by atoms with van der Waals surface area (Å²) < 4.78 is 10.2. The van der Waals surface area contributed by atoms with E-state index >= 15 is 0 Å². The predicted octanol–water partition coefficient (Wildman–Crippen LogP) is -0.105. The summed E-state index contributed by atoms with van der Waals surface area (Å²) in [4.78, 5) is 11.1. The number of hydrogen-bond acceptors (Lipinski definition) is 4. The topological polar surface area (TPSA) is 73.6 Å². The van der Waals surface area contributed by atoms with E-state index < -0.39 is 0 Å². The van der Waals surface area contributed by atoms with Gasteiger partial charge >= 0.3 is 0 Å². The molecule has 0 aromatic rings. The predicted molar refractivity (Wildman–Crippen MR) is 58.6 cm³/mol. The summed E-state index contributed by atoms with van der Waals surface area (Å²) in [6, 6.07) is 0. The van der Waals surface area contributed by atoms with Crippen molar-refractivity contribution in [2.75, 3.05) is 39.5 Å². The van der Waals surface area contributed by atoms with Crippen LogP contribution < -0.4 is 11.1 Å². The lowest BCUT2D eigenvalue weighted by molar-refractivity contribution is -0.125. The molecule has 0 unspecified atom stereocenters. The van der Waals surface area contributed by atoms with Gasteiger partial charge in [0, 0.05) is 19.7 Å². The summed E-state index contributed by atoms with van der Waals surface area (Å²) in [5.74, 6) is -0.123. The number of amides is 1. The van der Waals surface area contributed by atoms with Gasteiger partial charge in [-0.1, -0.05) is 13.3 Å². The van der Waals surface area contributed by atoms with Gasteiger partial charge in [-0.25, -0.2) is 0 Å². The van der Waals surface area contributed by atoms with E-state index in [0.29, 0.717) is 26.3 Å². The molecule has 0 bridgehead atoms. The van der Waals surface area contributed by atoms with Gasteiger partial charge in [-0.2, -0.15) is 0 Å². The zero-order chi connectivity index (χ0) is 11.4. The van der Waals surface area contributed by atoms with Crippen LogP contribution in [0.4, 0.5) is 0 Å². The molecule has 0 radical (unpaired) electrons. The summed E-state index contributed by atoms with van der Waals surface area (Å²) in [6.45, 7) is 4.90. The van der Waals surface area contributed by atoms with E-state index in [2.05, 4.69) is 12.2 Å². The minimum Gasteiger partial charge on any atom is -0.380 e. The Balaban J connectivity index is 3.10. The molecule has 0 rings (SSSR count). The lowest BCUT2D eigenvalue weighted by atomic mass is 10.4. The van der Waals surface area contributed by atoms with Crippen LogP contribution in [0, 0.1) is 0 Å². The maximum absolute atomic E-state index is 11.1. The molecule has 0 saturated carbocycles. The van der Waals surface area contributed by atoms with Crippen LogP contribution >= 0.6 is 0 Å². The van der Waals surface area contributed by atoms with Crippen molar-refractivity contribution in [1.29, 1.82) is 0 Å². The van der Waals surface area contributed by atoms with E-state index in [1.165, 1.54) is 0 Å². The third-order valence-corrected chi connectivity index (χ3v) is 1.71. The molecule has 90 valence electrons. The van der Waals surface area contributed by atoms with Crippen molar-refractivity contribution in [3.8, 4) is 0 Å². The molecule has 0 aromatic heterocycles. The molecule has 0 aromatic carbocycles. The third kappa shape index (κ3) is 11.3. The van der Waals surface area contributed by atoms with Crippen LogP contribution in [-0.4, -0.2) is 45.4 Å². The van der Waals surface area contributed by atoms with Crippen molar-refractivity contribution in [3.05, 3.63) is 0 Å². The van der Waals surface area contributed by atoms with Crippen molar-refractivity contribution >= 4 is 5.91 Å². The number of unbranched alkanes of at least 4 members (excludes halogenated alkanes) is 1. The molecular weight excluding hydrogens is 196 g/mol. The van der Waals surface area contributed by atoms with Gasteiger partial charge in [-0.15, -0.1) is 0 Å². The van der Waals surface area contributed by atoms with Crippen molar-refractivity contribution in [2.45, 2.75) is 19.8 Å². The molecule has 0 saturated heterocycles. The fraction of sp³-hybridized carbons (Fsp3) is 0.900. The highest BCUT2D eigenvalue weighted by Gasteiger charge is 1.99. The first-order valence-electron chi connectivity index (χ1n) is 5.43. The minimum atomic E-state index is -0.123. The Morgan fingerprint density at radius 3 is 2.73 bits per heavy atom. The number of carbonyl (C=O) groups excluding carboxylic acids is 1. The standard InChI is InChI=1S/C10H22N2O3/c1-2-3-6-14-8-5-12-10(13)9-15-7-4-11/h2-9,11H2,1H3,(H,12,13). The monoisotopic (exact) mass is 218 g/mol. The average molecular weight is 218 g/mol. The molecule has 5 heteroatoms. The summed E-state index contributed by atoms with van der Waals surface area (Å²) in [5.41, 5.74) is 5.21. The summed E-state index contributed by atoms with van der Waals surface area (Å²) in [5, 5.41) is 2.69. The maximum atomic E-state index is 11.1. The number of carbonyl (C=O) groups is 1. The quantitative estimate of drug-likeness (QED) is 0.502. The molecule has 3 N–H and O–H groups in total. The van der Waals surface area contributed by atoms with Gasteiger partial charge in [0.2, 0.25) is 5.91 Å². The average Bonchev–Trinajstić information content (AvgIpc) is 2.23. The smallest absolute Gasteiger partial charge is 0.246 e. The fourth-order valence-corrected chi connectivity index (χ4v) is 0.910. The van der Waals surface area contributed by atoms with E-state index in [1.807, 2.05) is 0 Å². The second-order valence-electron chi connectivity index (χ2n) is 3.16. The Kier molecular flexibility index (Phi) is 10.9. The third-order valence-electron chi connectivity index (χ3n) is 1.71. The molecule has 0 spiro atoms. The van der Waals surface area contributed by atoms with E-state index in [-0.39, 0.29) is 12.5 Å². The highest BCUT2D eigenvalue weighted by atomic mass is 16.5. The first kappa shape index (κ1) is 14.3. The van der Waals surface area contributed by atoms with Crippen LogP contribution in [0.2, 0.25) is 0 Å². The van der Waals surface area contributed by atoms with E-state index in [0.717, 1.165) is 19.4 Å². The van der Waals surface area contributed by atoms with Gasteiger partial charge in [0.1, 0.15) is 6.61 Å². The fourth-order valence-electron chi connectivity index (χ4n) is 0.910.